The standard InChI is InChI=1S/C10H16N2O5S/c13-9(14)3-8-6-18(16,17)2-1-12(8)10(15)7-4-11-5-7/h7-8,11H,1-6H2,(H,13,14). The zero-order valence-electron chi connectivity index (χ0n) is 9.83. The van der Waals surface area contributed by atoms with Crippen molar-refractivity contribution in [3.05, 3.63) is 0 Å². The van der Waals surface area contributed by atoms with Crippen molar-refractivity contribution in [1.82, 2.24) is 10.2 Å². The van der Waals surface area contributed by atoms with Gasteiger partial charge >= 0.3 is 5.97 Å². The Balaban J connectivity index is 2.10. The quantitative estimate of drug-likeness (QED) is 0.637. The number of carboxylic acid groups (broad SMARTS) is 1. The average molecular weight is 276 g/mol. The second-order valence-corrected chi connectivity index (χ2v) is 6.98. The summed E-state index contributed by atoms with van der Waals surface area (Å²) in [5, 5.41) is 11.8. The Bertz CT molecular complexity index is 457. The number of carbonyl (C=O) groups excluding carboxylic acids is 1. The van der Waals surface area contributed by atoms with Crippen molar-refractivity contribution in [2.45, 2.75) is 12.5 Å². The molecule has 0 radical (unpaired) electrons. The number of hydrogen-bond donors (Lipinski definition) is 2. The van der Waals surface area contributed by atoms with Crippen LogP contribution in [0.1, 0.15) is 6.42 Å². The third-order valence-electron chi connectivity index (χ3n) is 3.35. The third kappa shape index (κ3) is 2.81. The number of amides is 1. The predicted molar refractivity (Wildman–Crippen MR) is 62.8 cm³/mol. The van der Waals surface area contributed by atoms with Crippen molar-refractivity contribution < 1.29 is 23.1 Å². The van der Waals surface area contributed by atoms with E-state index in [2.05, 4.69) is 5.32 Å². The molecule has 2 aliphatic rings. The minimum Gasteiger partial charge on any atom is -0.481 e. The molecule has 18 heavy (non-hydrogen) atoms. The van der Waals surface area contributed by atoms with Crippen LogP contribution in [0.15, 0.2) is 0 Å². The molecule has 1 amide bonds. The van der Waals surface area contributed by atoms with Gasteiger partial charge in [-0.3, -0.25) is 9.59 Å². The van der Waals surface area contributed by atoms with E-state index in [4.69, 9.17) is 5.11 Å². The summed E-state index contributed by atoms with van der Waals surface area (Å²) in [5.41, 5.74) is 0. The molecule has 7 nitrogen and oxygen atoms in total. The van der Waals surface area contributed by atoms with Crippen LogP contribution in [-0.4, -0.2) is 67.5 Å². The molecule has 2 saturated heterocycles. The molecule has 0 aromatic heterocycles. The van der Waals surface area contributed by atoms with Gasteiger partial charge in [-0.05, 0) is 0 Å². The summed E-state index contributed by atoms with van der Waals surface area (Å²) in [6, 6.07) is -0.727. The van der Waals surface area contributed by atoms with Crippen LogP contribution in [0.2, 0.25) is 0 Å². The van der Waals surface area contributed by atoms with Gasteiger partial charge in [-0.25, -0.2) is 8.42 Å². The highest BCUT2D eigenvalue weighted by Crippen LogP contribution is 2.19. The minimum absolute atomic E-state index is 0.0744. The van der Waals surface area contributed by atoms with Gasteiger partial charge in [-0.15, -0.1) is 0 Å². The van der Waals surface area contributed by atoms with Gasteiger partial charge in [-0.2, -0.15) is 0 Å². The molecule has 1 atom stereocenters. The van der Waals surface area contributed by atoms with Crippen molar-refractivity contribution in [3.8, 4) is 0 Å². The Morgan fingerprint density at radius 2 is 2.00 bits per heavy atom. The second-order valence-electron chi connectivity index (χ2n) is 4.75. The molecule has 102 valence electrons. The lowest BCUT2D eigenvalue weighted by Crippen LogP contribution is -2.58. The number of carboxylic acids is 1. The summed E-state index contributed by atoms with van der Waals surface area (Å²) in [4.78, 5) is 24.3. The summed E-state index contributed by atoms with van der Waals surface area (Å²) in [6.45, 7) is 1.28. The van der Waals surface area contributed by atoms with Gasteiger partial charge in [0.15, 0.2) is 9.84 Å². The smallest absolute Gasteiger partial charge is 0.305 e. The van der Waals surface area contributed by atoms with E-state index in [1.165, 1.54) is 4.90 Å². The van der Waals surface area contributed by atoms with E-state index in [-0.39, 0.29) is 36.3 Å². The highest BCUT2D eigenvalue weighted by molar-refractivity contribution is 7.91. The molecule has 0 spiro atoms. The van der Waals surface area contributed by atoms with Crippen molar-refractivity contribution in [2.75, 3.05) is 31.1 Å². The first-order valence-corrected chi connectivity index (χ1v) is 7.64. The molecule has 0 aliphatic carbocycles. The van der Waals surface area contributed by atoms with Crippen molar-refractivity contribution in [3.63, 3.8) is 0 Å². The molecular formula is C10H16N2O5S. The third-order valence-corrected chi connectivity index (χ3v) is 5.05. The zero-order valence-corrected chi connectivity index (χ0v) is 10.6. The fourth-order valence-corrected chi connectivity index (χ4v) is 3.77. The van der Waals surface area contributed by atoms with Crippen LogP contribution >= 0.6 is 0 Å². The van der Waals surface area contributed by atoms with Crippen LogP contribution < -0.4 is 5.32 Å². The largest absolute Gasteiger partial charge is 0.481 e. The first kappa shape index (κ1) is 13.3. The Morgan fingerprint density at radius 3 is 2.50 bits per heavy atom. The van der Waals surface area contributed by atoms with Crippen LogP contribution in [0.4, 0.5) is 0 Å². The first-order valence-electron chi connectivity index (χ1n) is 5.82. The molecule has 2 aliphatic heterocycles. The highest BCUT2D eigenvalue weighted by atomic mass is 32.2. The van der Waals surface area contributed by atoms with E-state index in [0.29, 0.717) is 13.1 Å². The summed E-state index contributed by atoms with van der Waals surface area (Å²) >= 11 is 0. The molecule has 2 heterocycles. The van der Waals surface area contributed by atoms with Crippen LogP contribution in [0.3, 0.4) is 0 Å². The fourth-order valence-electron chi connectivity index (χ4n) is 2.25. The normalized spacial score (nSPS) is 27.6. The Labute approximate surface area is 105 Å². The van der Waals surface area contributed by atoms with E-state index < -0.39 is 21.8 Å². The molecule has 0 aromatic rings. The van der Waals surface area contributed by atoms with E-state index in [0.717, 1.165) is 0 Å². The van der Waals surface area contributed by atoms with Crippen LogP contribution in [0, 0.1) is 5.92 Å². The van der Waals surface area contributed by atoms with Gasteiger partial charge in [0.05, 0.1) is 29.9 Å². The Kier molecular flexibility index (Phi) is 3.58. The lowest BCUT2D eigenvalue weighted by atomic mass is 10.0. The first-order chi connectivity index (χ1) is 8.39. The average Bonchev–Trinajstić information content (AvgIpc) is 2.11. The monoisotopic (exact) mass is 276 g/mol. The van der Waals surface area contributed by atoms with Crippen molar-refractivity contribution >= 4 is 21.7 Å². The maximum absolute atomic E-state index is 12.1. The molecule has 2 N–H and O–H groups in total. The van der Waals surface area contributed by atoms with Crippen LogP contribution in [0.25, 0.3) is 0 Å². The molecule has 2 fully saturated rings. The van der Waals surface area contributed by atoms with E-state index in [1.807, 2.05) is 0 Å². The molecule has 0 aromatic carbocycles. The van der Waals surface area contributed by atoms with Gasteiger partial charge in [0.1, 0.15) is 0 Å². The van der Waals surface area contributed by atoms with Gasteiger partial charge in [0.2, 0.25) is 5.91 Å². The number of carbonyl (C=O) groups is 2. The lowest BCUT2D eigenvalue weighted by Gasteiger charge is -2.39. The SMILES string of the molecule is O=C(O)CC1CS(=O)(=O)CCN1C(=O)C1CNC1. The summed E-state index contributed by atoms with van der Waals surface area (Å²) in [5.74, 6) is -1.67. The van der Waals surface area contributed by atoms with Crippen molar-refractivity contribution in [2.24, 2.45) is 5.92 Å². The van der Waals surface area contributed by atoms with Gasteiger partial charge in [0.25, 0.3) is 0 Å². The summed E-state index contributed by atoms with van der Waals surface area (Å²) < 4.78 is 23.0. The molecule has 1 unspecified atom stereocenters. The maximum atomic E-state index is 12.1. The summed E-state index contributed by atoms with van der Waals surface area (Å²) in [6.07, 6.45) is -0.314. The van der Waals surface area contributed by atoms with Crippen LogP contribution in [-0.2, 0) is 19.4 Å². The molecular weight excluding hydrogens is 260 g/mol. The lowest BCUT2D eigenvalue weighted by molar-refractivity contribution is -0.143. The topological polar surface area (TPSA) is 104 Å². The van der Waals surface area contributed by atoms with E-state index in [1.54, 1.807) is 0 Å². The molecule has 0 bridgehead atoms. The Hall–Kier alpha value is -1.15. The van der Waals surface area contributed by atoms with Gasteiger partial charge in [0, 0.05) is 19.6 Å². The number of sulfone groups is 1. The van der Waals surface area contributed by atoms with Crippen LogP contribution in [0.5, 0.6) is 0 Å². The van der Waals surface area contributed by atoms with Crippen molar-refractivity contribution in [1.29, 1.82) is 0 Å². The zero-order chi connectivity index (χ0) is 13.3. The van der Waals surface area contributed by atoms with Gasteiger partial charge < -0.3 is 15.3 Å². The minimum atomic E-state index is -3.23. The number of hydrogen-bond acceptors (Lipinski definition) is 5. The van der Waals surface area contributed by atoms with E-state index in [9.17, 15) is 18.0 Å². The fraction of sp³-hybridized carbons (Fsp3) is 0.800. The maximum Gasteiger partial charge on any atom is 0.305 e. The second kappa shape index (κ2) is 4.85. The molecule has 8 heteroatoms. The predicted octanol–water partition coefficient (Wildman–Crippen LogP) is -1.69. The van der Waals surface area contributed by atoms with E-state index >= 15 is 0 Å². The van der Waals surface area contributed by atoms with Gasteiger partial charge in [-0.1, -0.05) is 0 Å². The number of nitrogens with one attached hydrogen (secondary N) is 1. The number of rotatable bonds is 3. The highest BCUT2D eigenvalue weighted by Gasteiger charge is 2.39. The Morgan fingerprint density at radius 1 is 1.33 bits per heavy atom. The molecule has 0 saturated carbocycles. The molecule has 2 rings (SSSR count). The summed E-state index contributed by atoms with van der Waals surface area (Å²) in [7, 11) is -3.23. The number of aliphatic carboxylic acids is 1. The number of nitrogens with zero attached hydrogens (tertiary/aromatic N) is 1.